The van der Waals surface area contributed by atoms with Crippen LogP contribution in [0.5, 0.6) is 5.75 Å². The maximum Gasteiger partial charge on any atom is 0.267 e. The number of aromatic hydroxyl groups is 1. The molecule has 2 aromatic heterocycles. The lowest BCUT2D eigenvalue weighted by Gasteiger charge is -2.56. The number of aromatic nitrogens is 3. The van der Waals surface area contributed by atoms with Gasteiger partial charge < -0.3 is 20.1 Å². The van der Waals surface area contributed by atoms with Crippen molar-refractivity contribution in [1.82, 2.24) is 19.7 Å². The molecular formula is C22H30N4O4. The van der Waals surface area contributed by atoms with Gasteiger partial charge in [0.25, 0.3) is 11.5 Å². The van der Waals surface area contributed by atoms with E-state index >= 15 is 0 Å². The van der Waals surface area contributed by atoms with Gasteiger partial charge in [0.05, 0.1) is 5.52 Å². The van der Waals surface area contributed by atoms with Crippen molar-refractivity contribution in [3.05, 3.63) is 22.1 Å². The topological polar surface area (TPSA) is 109 Å². The summed E-state index contributed by atoms with van der Waals surface area (Å²) in [5.41, 5.74) is -0.180. The van der Waals surface area contributed by atoms with E-state index in [4.69, 9.17) is 5.11 Å². The van der Waals surface area contributed by atoms with Crippen molar-refractivity contribution < 1.29 is 15.0 Å². The van der Waals surface area contributed by atoms with Crippen LogP contribution in [-0.4, -0.2) is 42.6 Å². The van der Waals surface area contributed by atoms with Crippen molar-refractivity contribution in [3.8, 4) is 5.75 Å². The number of carbonyl (C=O) groups is 1. The van der Waals surface area contributed by atoms with Crippen LogP contribution in [0.2, 0.25) is 0 Å². The molecule has 0 atom stereocenters. The second-order valence-corrected chi connectivity index (χ2v) is 9.80. The van der Waals surface area contributed by atoms with E-state index in [2.05, 4.69) is 10.4 Å². The fraction of sp³-hybridized carbons (Fsp3) is 0.682. The molecule has 0 saturated heterocycles. The van der Waals surface area contributed by atoms with E-state index in [-0.39, 0.29) is 29.0 Å². The Morgan fingerprint density at radius 3 is 2.43 bits per heavy atom. The lowest BCUT2D eigenvalue weighted by atomic mass is 9.53. The number of aryl methyl sites for hydroxylation is 2. The third kappa shape index (κ3) is 3.12. The fourth-order valence-electron chi connectivity index (χ4n) is 6.68. The summed E-state index contributed by atoms with van der Waals surface area (Å²) >= 11 is 0. The number of unbranched alkanes of at least 4 members (excludes halogenated alkanes) is 1. The largest absolute Gasteiger partial charge is 0.505 e. The highest BCUT2D eigenvalue weighted by Gasteiger charge is 2.51. The number of nitrogens with zero attached hydrogens (tertiary/aromatic N) is 3. The number of nitrogens with one attached hydrogen (secondary N) is 1. The summed E-state index contributed by atoms with van der Waals surface area (Å²) in [7, 11) is 1.72. The maximum atomic E-state index is 13.3. The predicted molar refractivity (Wildman–Crippen MR) is 111 cm³/mol. The number of aliphatic hydroxyl groups is 1. The van der Waals surface area contributed by atoms with E-state index in [1.807, 2.05) is 0 Å². The average Bonchev–Trinajstić information content (AvgIpc) is 3.05. The first-order valence-electron chi connectivity index (χ1n) is 11.1. The molecule has 4 bridgehead atoms. The molecule has 0 spiro atoms. The van der Waals surface area contributed by atoms with E-state index in [0.717, 1.165) is 19.3 Å². The molecule has 30 heavy (non-hydrogen) atoms. The minimum atomic E-state index is -0.492. The third-order valence-electron chi connectivity index (χ3n) is 7.45. The molecule has 0 aromatic carbocycles. The Morgan fingerprint density at radius 1 is 1.20 bits per heavy atom. The minimum Gasteiger partial charge on any atom is -0.505 e. The zero-order chi connectivity index (χ0) is 21.0. The van der Waals surface area contributed by atoms with Crippen molar-refractivity contribution >= 4 is 16.9 Å². The zero-order valence-corrected chi connectivity index (χ0v) is 17.4. The third-order valence-corrected chi connectivity index (χ3v) is 7.45. The standard InChI is InChI=1S/C22H30N4O4/c1-25-12-16-18(24-25)19(28)17(21(30)26(16)4-2-3-5-27)20(29)23-22-9-13-6-14(10-22)8-15(7-13)11-22/h12-15,27-28H,2-11H2,1H3,(H,23,29). The summed E-state index contributed by atoms with van der Waals surface area (Å²) in [6.45, 7) is 0.405. The molecule has 4 saturated carbocycles. The fourth-order valence-corrected chi connectivity index (χ4v) is 6.68. The Balaban J connectivity index is 1.52. The molecule has 0 aliphatic heterocycles. The molecule has 4 fully saturated rings. The van der Waals surface area contributed by atoms with Crippen LogP contribution in [0.3, 0.4) is 0 Å². The molecule has 6 rings (SSSR count). The summed E-state index contributed by atoms with van der Waals surface area (Å²) in [6.07, 6.45) is 9.54. The molecule has 8 heteroatoms. The lowest BCUT2D eigenvalue weighted by molar-refractivity contribution is -0.0167. The number of hydrogen-bond acceptors (Lipinski definition) is 5. The minimum absolute atomic E-state index is 0.0440. The van der Waals surface area contributed by atoms with Crippen LogP contribution in [0.25, 0.3) is 11.0 Å². The van der Waals surface area contributed by atoms with Gasteiger partial charge in [-0.2, -0.15) is 5.10 Å². The molecule has 2 heterocycles. The van der Waals surface area contributed by atoms with Crippen molar-refractivity contribution in [2.24, 2.45) is 24.8 Å². The Bertz CT molecular complexity index is 1020. The Hall–Kier alpha value is -2.35. The number of hydrogen-bond donors (Lipinski definition) is 3. The van der Waals surface area contributed by atoms with Gasteiger partial charge in [-0.05, 0) is 69.1 Å². The first-order valence-corrected chi connectivity index (χ1v) is 11.1. The van der Waals surface area contributed by atoms with Gasteiger partial charge in [-0.1, -0.05) is 0 Å². The van der Waals surface area contributed by atoms with Gasteiger partial charge in [0.2, 0.25) is 0 Å². The first kappa shape index (κ1) is 19.6. The number of fused-ring (bicyclic) bond motifs is 1. The molecule has 1 amide bonds. The highest BCUT2D eigenvalue weighted by Crippen LogP contribution is 2.55. The molecule has 8 nitrogen and oxygen atoms in total. The zero-order valence-electron chi connectivity index (χ0n) is 17.4. The van der Waals surface area contributed by atoms with Crippen LogP contribution >= 0.6 is 0 Å². The SMILES string of the molecule is Cn1cc2c(n1)c(O)c(C(=O)NC13CC4CC(CC(C4)C1)C3)c(=O)n2CCCCO. The summed E-state index contributed by atoms with van der Waals surface area (Å²) in [6, 6.07) is 0. The van der Waals surface area contributed by atoms with Crippen LogP contribution < -0.4 is 10.9 Å². The van der Waals surface area contributed by atoms with Crippen LogP contribution in [0.1, 0.15) is 61.7 Å². The van der Waals surface area contributed by atoms with Crippen molar-refractivity contribution in [2.45, 2.75) is 63.5 Å². The molecule has 4 aliphatic carbocycles. The Labute approximate surface area is 174 Å². The highest BCUT2D eigenvalue weighted by atomic mass is 16.3. The number of carbonyl (C=O) groups excluding carboxylic acids is 1. The maximum absolute atomic E-state index is 13.3. The molecular weight excluding hydrogens is 384 g/mol. The van der Waals surface area contributed by atoms with Crippen molar-refractivity contribution in [1.29, 1.82) is 0 Å². The number of pyridine rings is 1. The van der Waals surface area contributed by atoms with E-state index < -0.39 is 11.5 Å². The molecule has 2 aromatic rings. The second kappa shape index (κ2) is 7.11. The van der Waals surface area contributed by atoms with Gasteiger partial charge in [-0.3, -0.25) is 14.3 Å². The average molecular weight is 415 g/mol. The first-order chi connectivity index (χ1) is 14.4. The summed E-state index contributed by atoms with van der Waals surface area (Å²) in [5, 5.41) is 27.4. The quantitative estimate of drug-likeness (QED) is 0.626. The molecule has 162 valence electrons. The summed E-state index contributed by atoms with van der Waals surface area (Å²) < 4.78 is 3.04. The van der Waals surface area contributed by atoms with Gasteiger partial charge >= 0.3 is 0 Å². The normalized spacial score (nSPS) is 29.6. The number of amides is 1. The van der Waals surface area contributed by atoms with Gasteiger partial charge in [0.15, 0.2) is 11.3 Å². The van der Waals surface area contributed by atoms with Gasteiger partial charge in [0.1, 0.15) is 5.56 Å². The van der Waals surface area contributed by atoms with Crippen molar-refractivity contribution in [3.63, 3.8) is 0 Å². The Kier molecular flexibility index (Phi) is 4.65. The molecule has 0 unspecified atom stereocenters. The predicted octanol–water partition coefficient (Wildman–Crippen LogP) is 1.91. The van der Waals surface area contributed by atoms with Crippen LogP contribution in [0.4, 0.5) is 0 Å². The number of aliphatic hydroxyl groups excluding tert-OH is 1. The smallest absolute Gasteiger partial charge is 0.267 e. The molecule has 0 radical (unpaired) electrons. The van der Waals surface area contributed by atoms with Crippen molar-refractivity contribution in [2.75, 3.05) is 6.61 Å². The summed E-state index contributed by atoms with van der Waals surface area (Å²) in [5.74, 6) is 1.18. The van der Waals surface area contributed by atoms with Crippen LogP contribution in [-0.2, 0) is 13.6 Å². The van der Waals surface area contributed by atoms with Gasteiger partial charge in [-0.25, -0.2) is 0 Å². The van der Waals surface area contributed by atoms with E-state index in [1.165, 1.54) is 28.5 Å². The van der Waals surface area contributed by atoms with E-state index in [9.17, 15) is 14.7 Å². The molecule has 4 aliphatic rings. The highest BCUT2D eigenvalue weighted by molar-refractivity contribution is 6.01. The van der Waals surface area contributed by atoms with Gasteiger partial charge in [-0.15, -0.1) is 0 Å². The van der Waals surface area contributed by atoms with Gasteiger partial charge in [0, 0.05) is 31.9 Å². The second-order valence-electron chi connectivity index (χ2n) is 9.80. The molecule has 3 N–H and O–H groups in total. The monoisotopic (exact) mass is 414 g/mol. The van der Waals surface area contributed by atoms with E-state index in [0.29, 0.717) is 42.7 Å². The Morgan fingerprint density at radius 2 is 1.83 bits per heavy atom. The summed E-state index contributed by atoms with van der Waals surface area (Å²) in [4.78, 5) is 26.6. The van der Waals surface area contributed by atoms with Crippen LogP contribution in [0.15, 0.2) is 11.0 Å². The van der Waals surface area contributed by atoms with Crippen LogP contribution in [0, 0.1) is 17.8 Å². The number of rotatable bonds is 6. The van der Waals surface area contributed by atoms with E-state index in [1.54, 1.807) is 13.2 Å². The lowest BCUT2D eigenvalue weighted by Crippen LogP contribution is -2.60.